The van der Waals surface area contributed by atoms with Gasteiger partial charge in [-0.1, -0.05) is 18.7 Å². The lowest BCUT2D eigenvalue weighted by atomic mass is 10.1. The molecule has 1 amide bonds. The number of phenols is 1. The maximum atomic E-state index is 11.0. The lowest BCUT2D eigenvalue weighted by Gasteiger charge is -2.12. The number of anilines is 1. The van der Waals surface area contributed by atoms with E-state index in [9.17, 15) is 9.90 Å². The number of carbonyl (C=O) groups excluding carboxylic acids is 1. The molecule has 8 heteroatoms. The number of nitrogens with one attached hydrogen (secondary N) is 1. The molecule has 0 spiro atoms. The first-order valence-electron chi connectivity index (χ1n) is 8.69. The second-order valence-electron chi connectivity index (χ2n) is 6.22. The van der Waals surface area contributed by atoms with Gasteiger partial charge in [0.1, 0.15) is 11.6 Å². The number of hydrogen-bond acceptors (Lipinski definition) is 5. The van der Waals surface area contributed by atoms with Gasteiger partial charge in [-0.15, -0.1) is 0 Å². The van der Waals surface area contributed by atoms with Gasteiger partial charge in [0.2, 0.25) is 5.91 Å². The van der Waals surface area contributed by atoms with Crippen molar-refractivity contribution in [3.8, 4) is 5.75 Å². The van der Waals surface area contributed by atoms with Gasteiger partial charge in [0.15, 0.2) is 0 Å². The minimum absolute atomic E-state index is 0.00421. The number of nitrogens with two attached hydrogens (primary N) is 2. The Morgan fingerprint density at radius 3 is 2.71 bits per heavy atom. The average Bonchev–Trinajstić information content (AvgIpc) is 3.30. The van der Waals surface area contributed by atoms with E-state index in [2.05, 4.69) is 27.5 Å². The van der Waals surface area contributed by atoms with E-state index in [1.807, 2.05) is 6.07 Å². The molecule has 0 bridgehead atoms. The maximum absolute atomic E-state index is 11.0. The fourth-order valence-corrected chi connectivity index (χ4v) is 3.22. The fraction of sp³-hybridized carbons (Fsp3) is 0.250. The zero-order valence-electron chi connectivity index (χ0n) is 15.7. The molecule has 1 aliphatic rings. The summed E-state index contributed by atoms with van der Waals surface area (Å²) in [5, 5.41) is 9.68. The Bertz CT molecular complexity index is 843. The summed E-state index contributed by atoms with van der Waals surface area (Å²) in [5.41, 5.74) is 13.5. The predicted octanol–water partition coefficient (Wildman–Crippen LogP) is 2.94. The van der Waals surface area contributed by atoms with Crippen LogP contribution in [0.15, 0.2) is 47.6 Å². The summed E-state index contributed by atoms with van der Waals surface area (Å²) >= 11 is 3.36. The number of hydrogen-bond donors (Lipinski definition) is 4. The smallest absolute Gasteiger partial charge is 0.246 e. The molecule has 1 atom stereocenters. The number of methoxy groups -OCH3 is 1. The number of phenolic OH excluding ortho intramolecular Hbond substituents is 1. The Labute approximate surface area is 172 Å². The Morgan fingerprint density at radius 1 is 1.46 bits per heavy atom. The van der Waals surface area contributed by atoms with Crippen molar-refractivity contribution >= 4 is 39.4 Å². The molecular formula is C20H25BrN4O3. The lowest BCUT2D eigenvalue weighted by molar-refractivity contribution is -0.125. The van der Waals surface area contributed by atoms with Gasteiger partial charge in [0.05, 0.1) is 6.10 Å². The number of nitrogen functional groups attached to an aromatic ring is 1. The van der Waals surface area contributed by atoms with Crippen molar-refractivity contribution < 1.29 is 14.6 Å². The summed E-state index contributed by atoms with van der Waals surface area (Å²) in [6, 6.07) is 6.89. The number of nitrogens with zero attached hydrogens (tertiary/aromatic N) is 1. The molecule has 150 valence electrons. The van der Waals surface area contributed by atoms with Gasteiger partial charge >= 0.3 is 0 Å². The van der Waals surface area contributed by atoms with Crippen LogP contribution in [0.2, 0.25) is 0 Å². The van der Waals surface area contributed by atoms with E-state index < -0.39 is 0 Å². The van der Waals surface area contributed by atoms with Crippen LogP contribution in [0.3, 0.4) is 0 Å². The Morgan fingerprint density at radius 2 is 2.18 bits per heavy atom. The number of likely N-dealkylation sites (tertiary alicyclic amines) is 1. The van der Waals surface area contributed by atoms with Crippen molar-refractivity contribution in [2.24, 2.45) is 5.73 Å². The molecule has 6 N–H and O–H groups in total. The van der Waals surface area contributed by atoms with E-state index in [4.69, 9.17) is 16.2 Å². The molecule has 1 aromatic heterocycles. The fourth-order valence-electron chi connectivity index (χ4n) is 2.77. The summed E-state index contributed by atoms with van der Waals surface area (Å²) in [6.07, 6.45) is 5.96. The molecule has 2 heterocycles. The van der Waals surface area contributed by atoms with Gasteiger partial charge in [0, 0.05) is 47.7 Å². The zero-order valence-corrected chi connectivity index (χ0v) is 17.3. The first-order valence-corrected chi connectivity index (χ1v) is 9.48. The number of para-hydroxylation sites is 1. The van der Waals surface area contributed by atoms with E-state index >= 15 is 0 Å². The number of ether oxygens (including phenoxy) is 1. The van der Waals surface area contributed by atoms with E-state index in [1.165, 1.54) is 6.08 Å². The van der Waals surface area contributed by atoms with E-state index in [0.29, 0.717) is 23.6 Å². The molecule has 1 saturated heterocycles. The largest absolute Gasteiger partial charge is 0.507 e. The molecule has 7 nitrogen and oxygen atoms in total. The number of carbonyl (C=O) groups is 1. The van der Waals surface area contributed by atoms with Crippen molar-refractivity contribution in [3.05, 3.63) is 58.7 Å². The standard InChI is InChI=1S/C12H12BrN3O.C8H13NO2/c13-9-6-16-12(15)8(9)5-10(14)7-3-1-2-4-11(7)17;1-3-8(10)9-5-4-7(6-9)11-2/h1-6,16-17H,14-15H2;3,7H,1,4-6H2,2H3/b10-5-;. The van der Waals surface area contributed by atoms with Crippen LogP contribution in [0.1, 0.15) is 17.5 Å². The predicted molar refractivity (Wildman–Crippen MR) is 115 cm³/mol. The van der Waals surface area contributed by atoms with Crippen molar-refractivity contribution in [3.63, 3.8) is 0 Å². The minimum atomic E-state index is 0.00421. The molecule has 1 aromatic carbocycles. The second-order valence-corrected chi connectivity index (χ2v) is 7.07. The first kappa shape index (κ1) is 21.6. The topological polar surface area (TPSA) is 118 Å². The number of rotatable bonds is 4. The average molecular weight is 449 g/mol. The Hall–Kier alpha value is -2.71. The summed E-state index contributed by atoms with van der Waals surface area (Å²) in [4.78, 5) is 15.7. The van der Waals surface area contributed by atoms with E-state index in [0.717, 1.165) is 23.0 Å². The minimum Gasteiger partial charge on any atom is -0.507 e. The van der Waals surface area contributed by atoms with Crippen LogP contribution >= 0.6 is 15.9 Å². The number of aromatic nitrogens is 1. The molecule has 3 rings (SSSR count). The second kappa shape index (κ2) is 10.0. The third-order valence-electron chi connectivity index (χ3n) is 4.38. The third-order valence-corrected chi connectivity index (χ3v) is 5.04. The van der Waals surface area contributed by atoms with Crippen LogP contribution in [-0.2, 0) is 9.53 Å². The Kier molecular flexibility index (Phi) is 7.71. The van der Waals surface area contributed by atoms with Gasteiger partial charge in [-0.25, -0.2) is 0 Å². The van der Waals surface area contributed by atoms with Crippen LogP contribution in [0.25, 0.3) is 11.8 Å². The molecule has 0 radical (unpaired) electrons. The highest BCUT2D eigenvalue weighted by molar-refractivity contribution is 9.10. The highest BCUT2D eigenvalue weighted by Crippen LogP contribution is 2.28. The maximum Gasteiger partial charge on any atom is 0.246 e. The highest BCUT2D eigenvalue weighted by Gasteiger charge is 2.23. The summed E-state index contributed by atoms with van der Waals surface area (Å²) < 4.78 is 5.94. The van der Waals surface area contributed by atoms with Crippen LogP contribution in [0.4, 0.5) is 5.82 Å². The van der Waals surface area contributed by atoms with Crippen LogP contribution < -0.4 is 11.5 Å². The molecule has 1 unspecified atom stereocenters. The van der Waals surface area contributed by atoms with Crippen molar-refractivity contribution in [1.82, 2.24) is 9.88 Å². The molecule has 1 aliphatic heterocycles. The number of aromatic hydroxyl groups is 1. The van der Waals surface area contributed by atoms with Gasteiger partial charge < -0.3 is 31.2 Å². The molecule has 1 fully saturated rings. The number of amides is 1. The number of halogens is 1. The number of H-pyrrole nitrogens is 1. The number of benzene rings is 1. The van der Waals surface area contributed by atoms with Crippen molar-refractivity contribution in [2.75, 3.05) is 25.9 Å². The summed E-state index contributed by atoms with van der Waals surface area (Å²) in [5.74, 6) is 0.672. The molecular weight excluding hydrogens is 424 g/mol. The van der Waals surface area contributed by atoms with E-state index in [1.54, 1.807) is 42.5 Å². The molecule has 0 aliphatic carbocycles. The lowest BCUT2D eigenvalue weighted by Crippen LogP contribution is -2.27. The van der Waals surface area contributed by atoms with Crippen LogP contribution in [0.5, 0.6) is 5.75 Å². The van der Waals surface area contributed by atoms with Crippen LogP contribution in [0, 0.1) is 0 Å². The van der Waals surface area contributed by atoms with Crippen molar-refractivity contribution in [1.29, 1.82) is 0 Å². The van der Waals surface area contributed by atoms with Gasteiger partial charge in [-0.3, -0.25) is 4.79 Å². The third kappa shape index (κ3) is 5.40. The summed E-state index contributed by atoms with van der Waals surface area (Å²) in [7, 11) is 1.67. The first-order chi connectivity index (χ1) is 13.4. The van der Waals surface area contributed by atoms with Gasteiger partial charge in [-0.05, 0) is 46.6 Å². The quantitative estimate of drug-likeness (QED) is 0.536. The highest BCUT2D eigenvalue weighted by atomic mass is 79.9. The molecule has 2 aromatic rings. The van der Waals surface area contributed by atoms with Crippen molar-refractivity contribution in [2.45, 2.75) is 12.5 Å². The zero-order chi connectivity index (χ0) is 20.7. The SMILES string of the molecule is C=CC(=O)N1CCC(OC)C1.N/C(=C\c1c(Br)c[nH]c1N)c1ccccc1O. The van der Waals surface area contributed by atoms with Crippen LogP contribution in [-0.4, -0.2) is 47.2 Å². The van der Waals surface area contributed by atoms with Gasteiger partial charge in [0.25, 0.3) is 0 Å². The number of aromatic amines is 1. The monoisotopic (exact) mass is 448 g/mol. The summed E-state index contributed by atoms with van der Waals surface area (Å²) in [6.45, 7) is 4.93. The molecule has 28 heavy (non-hydrogen) atoms. The van der Waals surface area contributed by atoms with E-state index in [-0.39, 0.29) is 17.8 Å². The Balaban J connectivity index is 0.000000221. The van der Waals surface area contributed by atoms with Gasteiger partial charge in [-0.2, -0.15) is 0 Å². The molecule has 0 saturated carbocycles. The normalized spacial score (nSPS) is 16.4.